The number of para-hydroxylation sites is 2. The van der Waals surface area contributed by atoms with Gasteiger partial charge in [-0.1, -0.05) is 24.3 Å². The van der Waals surface area contributed by atoms with Gasteiger partial charge in [-0.25, -0.2) is 9.37 Å². The lowest BCUT2D eigenvalue weighted by atomic mass is 10.0. The molecule has 1 amide bonds. The quantitative estimate of drug-likeness (QED) is 0.798. The number of imidazole rings is 1. The third-order valence-corrected chi connectivity index (χ3v) is 4.69. The van der Waals surface area contributed by atoms with Crippen molar-refractivity contribution in [1.82, 2.24) is 14.5 Å². The van der Waals surface area contributed by atoms with Gasteiger partial charge in [0.25, 0.3) is 0 Å². The van der Waals surface area contributed by atoms with Crippen LogP contribution in [0.2, 0.25) is 0 Å². The van der Waals surface area contributed by atoms with Crippen LogP contribution >= 0.6 is 0 Å². The number of halogens is 1. The number of amides is 1. The first kappa shape index (κ1) is 15.8. The van der Waals surface area contributed by atoms with Crippen LogP contribution in [0.4, 0.5) is 4.39 Å². The normalized spacial score (nSPS) is 20.3. The van der Waals surface area contributed by atoms with Gasteiger partial charge in [0.1, 0.15) is 12.4 Å². The van der Waals surface area contributed by atoms with Gasteiger partial charge < -0.3 is 14.6 Å². The van der Waals surface area contributed by atoms with Gasteiger partial charge in [-0.15, -0.1) is 0 Å². The highest BCUT2D eigenvalue weighted by Crippen LogP contribution is 2.32. The molecule has 0 spiro atoms. The summed E-state index contributed by atoms with van der Waals surface area (Å²) in [6.45, 7) is 0.443. The molecule has 0 saturated carbocycles. The van der Waals surface area contributed by atoms with E-state index in [1.807, 2.05) is 28.8 Å². The fraction of sp³-hybridized carbons (Fsp3) is 0.263. The zero-order valence-electron chi connectivity index (χ0n) is 13.5. The number of fused-ring (bicyclic) bond motifs is 1. The molecule has 2 aromatic carbocycles. The zero-order valence-corrected chi connectivity index (χ0v) is 13.5. The predicted molar refractivity (Wildman–Crippen MR) is 91.2 cm³/mol. The summed E-state index contributed by atoms with van der Waals surface area (Å²) in [7, 11) is 0. The Labute approximate surface area is 144 Å². The van der Waals surface area contributed by atoms with Crippen molar-refractivity contribution in [3.63, 3.8) is 0 Å². The predicted octanol–water partition coefficient (Wildman–Crippen LogP) is 2.51. The molecule has 1 saturated heterocycles. The average molecular weight is 339 g/mol. The Hall–Kier alpha value is -2.73. The molecule has 1 aliphatic heterocycles. The molecule has 5 nitrogen and oxygen atoms in total. The Morgan fingerprint density at radius 1 is 1.20 bits per heavy atom. The van der Waals surface area contributed by atoms with Gasteiger partial charge in [0, 0.05) is 6.54 Å². The summed E-state index contributed by atoms with van der Waals surface area (Å²) in [4.78, 5) is 18.8. The van der Waals surface area contributed by atoms with Crippen LogP contribution in [0.25, 0.3) is 11.0 Å². The van der Waals surface area contributed by atoms with Gasteiger partial charge in [0.15, 0.2) is 0 Å². The second kappa shape index (κ2) is 6.29. The first-order valence-electron chi connectivity index (χ1n) is 8.24. The fourth-order valence-electron chi connectivity index (χ4n) is 3.46. The van der Waals surface area contributed by atoms with E-state index < -0.39 is 6.10 Å². The standard InChI is InChI=1S/C19H18FN3O2/c20-14-7-5-13(6-8-14)18-9-15(24)10-23(18)19(25)11-22-12-21-16-3-1-2-4-17(16)22/h1-8,12,15,18,24H,9-11H2/t15-,18+/m0/s1. The van der Waals surface area contributed by atoms with Crippen LogP contribution < -0.4 is 0 Å². The maximum absolute atomic E-state index is 13.2. The highest BCUT2D eigenvalue weighted by molar-refractivity contribution is 5.81. The van der Waals surface area contributed by atoms with E-state index in [1.165, 1.54) is 12.1 Å². The second-order valence-electron chi connectivity index (χ2n) is 6.36. The number of rotatable bonds is 3. The van der Waals surface area contributed by atoms with E-state index in [4.69, 9.17) is 0 Å². The van der Waals surface area contributed by atoms with Crippen LogP contribution in [0.5, 0.6) is 0 Å². The van der Waals surface area contributed by atoms with Crippen LogP contribution in [0.1, 0.15) is 18.0 Å². The number of aliphatic hydroxyl groups is 1. The third-order valence-electron chi connectivity index (χ3n) is 4.69. The van der Waals surface area contributed by atoms with Gasteiger partial charge in [-0.3, -0.25) is 4.79 Å². The summed E-state index contributed by atoms with van der Waals surface area (Å²) in [5.41, 5.74) is 2.57. The van der Waals surface area contributed by atoms with E-state index in [9.17, 15) is 14.3 Å². The molecule has 25 heavy (non-hydrogen) atoms. The lowest BCUT2D eigenvalue weighted by molar-refractivity contribution is -0.133. The van der Waals surface area contributed by atoms with Crippen LogP contribution in [-0.2, 0) is 11.3 Å². The van der Waals surface area contributed by atoms with E-state index in [0.717, 1.165) is 16.6 Å². The first-order valence-corrected chi connectivity index (χ1v) is 8.24. The molecule has 1 aromatic heterocycles. The summed E-state index contributed by atoms with van der Waals surface area (Å²) >= 11 is 0. The second-order valence-corrected chi connectivity index (χ2v) is 6.36. The largest absolute Gasteiger partial charge is 0.391 e. The Kier molecular flexibility index (Phi) is 3.97. The number of aliphatic hydroxyl groups excluding tert-OH is 1. The zero-order chi connectivity index (χ0) is 17.4. The molecule has 0 radical (unpaired) electrons. The van der Waals surface area contributed by atoms with Crippen LogP contribution in [0.15, 0.2) is 54.9 Å². The average Bonchev–Trinajstić information content (AvgIpc) is 3.20. The summed E-state index contributed by atoms with van der Waals surface area (Å²) in [6.07, 6.45) is 1.54. The van der Waals surface area contributed by atoms with Crippen molar-refractivity contribution in [2.24, 2.45) is 0 Å². The fourth-order valence-corrected chi connectivity index (χ4v) is 3.46. The van der Waals surface area contributed by atoms with E-state index in [0.29, 0.717) is 6.42 Å². The summed E-state index contributed by atoms with van der Waals surface area (Å²) in [5.74, 6) is -0.404. The Morgan fingerprint density at radius 3 is 2.76 bits per heavy atom. The van der Waals surface area contributed by atoms with Gasteiger partial charge in [-0.05, 0) is 36.2 Å². The minimum absolute atomic E-state index is 0.0889. The lowest BCUT2D eigenvalue weighted by Crippen LogP contribution is -2.34. The highest BCUT2D eigenvalue weighted by atomic mass is 19.1. The molecule has 2 heterocycles. The van der Waals surface area contributed by atoms with Crippen molar-refractivity contribution in [3.8, 4) is 0 Å². The number of carbonyl (C=O) groups excluding carboxylic acids is 1. The monoisotopic (exact) mass is 339 g/mol. The molecular formula is C19H18FN3O2. The van der Waals surface area contributed by atoms with Crippen LogP contribution in [0.3, 0.4) is 0 Å². The number of carbonyl (C=O) groups is 1. The minimum Gasteiger partial charge on any atom is -0.391 e. The third kappa shape index (κ3) is 3.00. The molecule has 0 unspecified atom stereocenters. The number of likely N-dealkylation sites (tertiary alicyclic amines) is 1. The van der Waals surface area contributed by atoms with E-state index in [1.54, 1.807) is 23.4 Å². The molecular weight excluding hydrogens is 321 g/mol. The molecule has 0 aliphatic carbocycles. The molecule has 0 bridgehead atoms. The van der Waals surface area contributed by atoms with E-state index in [2.05, 4.69) is 4.98 Å². The Morgan fingerprint density at radius 2 is 1.96 bits per heavy atom. The van der Waals surface area contributed by atoms with Crippen molar-refractivity contribution in [3.05, 3.63) is 66.2 Å². The van der Waals surface area contributed by atoms with Crippen molar-refractivity contribution in [2.45, 2.75) is 25.1 Å². The topological polar surface area (TPSA) is 58.4 Å². The molecule has 4 rings (SSSR count). The van der Waals surface area contributed by atoms with Crippen molar-refractivity contribution >= 4 is 16.9 Å². The van der Waals surface area contributed by atoms with Gasteiger partial charge in [0.05, 0.1) is 29.5 Å². The molecule has 1 aliphatic rings. The molecule has 1 N–H and O–H groups in total. The summed E-state index contributed by atoms with van der Waals surface area (Å²) < 4.78 is 15.0. The number of aromatic nitrogens is 2. The smallest absolute Gasteiger partial charge is 0.243 e. The van der Waals surface area contributed by atoms with Crippen LogP contribution in [0, 0.1) is 5.82 Å². The number of hydrogen-bond acceptors (Lipinski definition) is 3. The lowest BCUT2D eigenvalue weighted by Gasteiger charge is -2.25. The maximum atomic E-state index is 13.2. The van der Waals surface area contributed by atoms with Gasteiger partial charge in [0.2, 0.25) is 5.91 Å². The Balaban J connectivity index is 1.58. The summed E-state index contributed by atoms with van der Waals surface area (Å²) in [5, 5.41) is 10.0. The van der Waals surface area contributed by atoms with Gasteiger partial charge >= 0.3 is 0 Å². The van der Waals surface area contributed by atoms with Gasteiger partial charge in [-0.2, -0.15) is 0 Å². The molecule has 6 heteroatoms. The molecule has 2 atom stereocenters. The van der Waals surface area contributed by atoms with E-state index in [-0.39, 0.29) is 30.9 Å². The number of β-amino-alcohol motifs (C(OH)–C–C–N with tert-alkyl or cyclic N) is 1. The maximum Gasteiger partial charge on any atom is 0.243 e. The SMILES string of the molecule is O=C(Cn1cnc2ccccc21)N1C[C@@H](O)C[C@@H]1c1ccc(F)cc1. The number of hydrogen-bond donors (Lipinski definition) is 1. The van der Waals surface area contributed by atoms with Crippen LogP contribution in [-0.4, -0.2) is 38.1 Å². The number of nitrogens with zero attached hydrogens (tertiary/aromatic N) is 3. The van der Waals surface area contributed by atoms with Crippen molar-refractivity contribution in [1.29, 1.82) is 0 Å². The van der Waals surface area contributed by atoms with Crippen molar-refractivity contribution < 1.29 is 14.3 Å². The first-order chi connectivity index (χ1) is 12.1. The minimum atomic E-state index is -0.571. The van der Waals surface area contributed by atoms with E-state index >= 15 is 0 Å². The molecule has 1 fully saturated rings. The highest BCUT2D eigenvalue weighted by Gasteiger charge is 2.35. The Bertz CT molecular complexity index is 906. The number of benzene rings is 2. The molecule has 128 valence electrons. The molecule has 3 aromatic rings. The summed E-state index contributed by atoms with van der Waals surface area (Å²) in [6, 6.07) is 13.5. The van der Waals surface area contributed by atoms with Crippen molar-refractivity contribution in [2.75, 3.05) is 6.54 Å².